The van der Waals surface area contributed by atoms with Crippen molar-refractivity contribution in [1.29, 1.82) is 0 Å². The second-order valence-corrected chi connectivity index (χ2v) is 3.55. The molecule has 0 radical (unpaired) electrons. The molecule has 0 saturated heterocycles. The van der Waals surface area contributed by atoms with Gasteiger partial charge in [-0.3, -0.25) is 0 Å². The Labute approximate surface area is 104 Å². The van der Waals surface area contributed by atoms with Crippen LogP contribution in [0.5, 0.6) is 0 Å². The maximum absolute atomic E-state index is 3.48. The SMILES string of the molecule is CC.CC.c1ccc2c3c([nH]c2c1)CCNC3. The largest absolute Gasteiger partial charge is 0.358 e. The van der Waals surface area contributed by atoms with Crippen LogP contribution in [0.25, 0.3) is 10.9 Å². The lowest BCUT2D eigenvalue weighted by Gasteiger charge is -2.12. The van der Waals surface area contributed by atoms with Crippen molar-refractivity contribution < 1.29 is 0 Å². The van der Waals surface area contributed by atoms with Crippen LogP contribution in [0.3, 0.4) is 0 Å². The molecule has 0 fully saturated rings. The summed E-state index contributed by atoms with van der Waals surface area (Å²) in [6, 6.07) is 8.52. The predicted octanol–water partition coefficient (Wildman–Crippen LogP) is 3.87. The Hall–Kier alpha value is -1.28. The highest BCUT2D eigenvalue weighted by atomic mass is 14.9. The van der Waals surface area contributed by atoms with E-state index < -0.39 is 0 Å². The molecule has 1 aromatic heterocycles. The molecule has 0 amide bonds. The molecule has 3 rings (SSSR count). The maximum Gasteiger partial charge on any atom is 0.0459 e. The minimum atomic E-state index is 1.01. The molecule has 2 heterocycles. The van der Waals surface area contributed by atoms with Crippen LogP contribution in [0.2, 0.25) is 0 Å². The molecular formula is C15H24N2. The van der Waals surface area contributed by atoms with Gasteiger partial charge in [0.05, 0.1) is 0 Å². The summed E-state index contributed by atoms with van der Waals surface area (Å²) in [5.41, 5.74) is 4.15. The van der Waals surface area contributed by atoms with E-state index in [1.165, 1.54) is 22.2 Å². The number of hydrogen-bond donors (Lipinski definition) is 2. The molecule has 1 aromatic carbocycles. The summed E-state index contributed by atoms with van der Waals surface area (Å²) in [7, 11) is 0. The van der Waals surface area contributed by atoms with Crippen LogP contribution in [-0.2, 0) is 13.0 Å². The fraction of sp³-hybridized carbons (Fsp3) is 0.467. The summed E-state index contributed by atoms with van der Waals surface area (Å²) in [6.07, 6.45) is 1.13. The van der Waals surface area contributed by atoms with Gasteiger partial charge in [0.1, 0.15) is 0 Å². The first-order valence-electron chi connectivity index (χ1n) is 6.74. The van der Waals surface area contributed by atoms with Crippen molar-refractivity contribution in [1.82, 2.24) is 10.3 Å². The van der Waals surface area contributed by atoms with Crippen molar-refractivity contribution in [2.45, 2.75) is 40.7 Å². The molecule has 1 aliphatic heterocycles. The lowest BCUT2D eigenvalue weighted by atomic mass is 10.1. The first kappa shape index (κ1) is 13.8. The normalized spacial score (nSPS) is 12.9. The lowest BCUT2D eigenvalue weighted by Crippen LogP contribution is -2.22. The molecule has 1 aliphatic rings. The number of aromatic amines is 1. The predicted molar refractivity (Wildman–Crippen MR) is 76.4 cm³/mol. The van der Waals surface area contributed by atoms with Gasteiger partial charge in [-0.1, -0.05) is 45.9 Å². The van der Waals surface area contributed by atoms with E-state index in [1.54, 1.807) is 0 Å². The average Bonchev–Trinajstić information content (AvgIpc) is 2.82. The first-order chi connectivity index (χ1) is 8.45. The zero-order chi connectivity index (χ0) is 12.7. The van der Waals surface area contributed by atoms with Crippen molar-refractivity contribution >= 4 is 10.9 Å². The maximum atomic E-state index is 3.48. The fourth-order valence-electron chi connectivity index (χ4n) is 2.10. The zero-order valence-electron chi connectivity index (χ0n) is 11.4. The molecular weight excluding hydrogens is 208 g/mol. The smallest absolute Gasteiger partial charge is 0.0459 e. The van der Waals surface area contributed by atoms with Crippen LogP contribution in [0.15, 0.2) is 24.3 Å². The van der Waals surface area contributed by atoms with Crippen LogP contribution >= 0.6 is 0 Å². The first-order valence-corrected chi connectivity index (χ1v) is 6.74. The average molecular weight is 232 g/mol. The van der Waals surface area contributed by atoms with Crippen molar-refractivity contribution in [3.8, 4) is 0 Å². The van der Waals surface area contributed by atoms with E-state index in [-0.39, 0.29) is 0 Å². The minimum Gasteiger partial charge on any atom is -0.358 e. The molecule has 0 unspecified atom stereocenters. The molecule has 0 saturated carbocycles. The number of nitrogens with one attached hydrogen (secondary N) is 2. The zero-order valence-corrected chi connectivity index (χ0v) is 11.4. The number of para-hydroxylation sites is 1. The van der Waals surface area contributed by atoms with Gasteiger partial charge in [-0.2, -0.15) is 0 Å². The molecule has 2 heteroatoms. The number of aromatic nitrogens is 1. The summed E-state index contributed by atoms with van der Waals surface area (Å²) < 4.78 is 0. The number of fused-ring (bicyclic) bond motifs is 3. The summed E-state index contributed by atoms with van der Waals surface area (Å²) >= 11 is 0. The van der Waals surface area contributed by atoms with Gasteiger partial charge in [-0.15, -0.1) is 0 Å². The molecule has 2 aromatic rings. The molecule has 94 valence electrons. The molecule has 2 nitrogen and oxygen atoms in total. The number of rotatable bonds is 0. The van der Waals surface area contributed by atoms with Gasteiger partial charge in [-0.05, 0) is 11.6 Å². The van der Waals surface area contributed by atoms with Gasteiger partial charge in [0.15, 0.2) is 0 Å². The second-order valence-electron chi connectivity index (χ2n) is 3.55. The van der Waals surface area contributed by atoms with Crippen molar-refractivity contribution in [3.05, 3.63) is 35.5 Å². The van der Waals surface area contributed by atoms with Gasteiger partial charge in [-0.25, -0.2) is 0 Å². The van der Waals surface area contributed by atoms with E-state index in [1.807, 2.05) is 27.7 Å². The van der Waals surface area contributed by atoms with E-state index in [2.05, 4.69) is 34.6 Å². The van der Waals surface area contributed by atoms with E-state index in [9.17, 15) is 0 Å². The highest BCUT2D eigenvalue weighted by Crippen LogP contribution is 2.24. The summed E-state index contributed by atoms with van der Waals surface area (Å²) in [5.74, 6) is 0. The Morgan fingerprint density at radius 3 is 2.47 bits per heavy atom. The van der Waals surface area contributed by atoms with Crippen molar-refractivity contribution in [2.24, 2.45) is 0 Å². The monoisotopic (exact) mass is 232 g/mol. The third-order valence-electron chi connectivity index (χ3n) is 2.76. The summed E-state index contributed by atoms with van der Waals surface area (Å²) in [6.45, 7) is 10.1. The third kappa shape index (κ3) is 2.89. The number of hydrogen-bond acceptors (Lipinski definition) is 1. The minimum absolute atomic E-state index is 1.01. The van der Waals surface area contributed by atoms with E-state index in [4.69, 9.17) is 0 Å². The Morgan fingerprint density at radius 2 is 1.71 bits per heavy atom. The topological polar surface area (TPSA) is 27.8 Å². The fourth-order valence-corrected chi connectivity index (χ4v) is 2.10. The molecule has 0 bridgehead atoms. The van der Waals surface area contributed by atoms with Gasteiger partial charge in [0.2, 0.25) is 0 Å². The number of benzene rings is 1. The van der Waals surface area contributed by atoms with E-state index in [0.717, 1.165) is 19.5 Å². The van der Waals surface area contributed by atoms with Crippen LogP contribution in [0.1, 0.15) is 39.0 Å². The third-order valence-corrected chi connectivity index (χ3v) is 2.76. The molecule has 17 heavy (non-hydrogen) atoms. The Morgan fingerprint density at radius 1 is 1.00 bits per heavy atom. The summed E-state index contributed by atoms with van der Waals surface area (Å²) in [4.78, 5) is 3.48. The van der Waals surface area contributed by atoms with E-state index >= 15 is 0 Å². The van der Waals surface area contributed by atoms with Crippen LogP contribution in [0, 0.1) is 0 Å². The molecule has 0 spiro atoms. The highest BCUT2D eigenvalue weighted by Gasteiger charge is 2.13. The van der Waals surface area contributed by atoms with Crippen molar-refractivity contribution in [3.63, 3.8) is 0 Å². The Balaban J connectivity index is 0.000000330. The summed E-state index contributed by atoms with van der Waals surface area (Å²) in [5, 5.41) is 4.78. The highest BCUT2D eigenvalue weighted by molar-refractivity contribution is 5.84. The Kier molecular flexibility index (Phi) is 5.78. The van der Waals surface area contributed by atoms with Crippen molar-refractivity contribution in [2.75, 3.05) is 6.54 Å². The van der Waals surface area contributed by atoms with Gasteiger partial charge < -0.3 is 10.3 Å². The quantitative estimate of drug-likeness (QED) is 0.709. The van der Waals surface area contributed by atoms with Gasteiger partial charge >= 0.3 is 0 Å². The van der Waals surface area contributed by atoms with Gasteiger partial charge in [0, 0.05) is 36.1 Å². The van der Waals surface area contributed by atoms with E-state index in [0.29, 0.717) is 0 Å². The van der Waals surface area contributed by atoms with Gasteiger partial charge in [0.25, 0.3) is 0 Å². The molecule has 0 atom stereocenters. The lowest BCUT2D eigenvalue weighted by molar-refractivity contribution is 0.641. The standard InChI is InChI=1S/C11H12N2.2C2H6/c1-2-4-10-8(3-1)9-7-12-6-5-11(9)13-10;2*1-2/h1-4,12-13H,5-7H2;2*1-2H3. The van der Waals surface area contributed by atoms with Crippen LogP contribution < -0.4 is 5.32 Å². The van der Waals surface area contributed by atoms with Crippen LogP contribution in [0.4, 0.5) is 0 Å². The second kappa shape index (κ2) is 7.13. The number of H-pyrrole nitrogens is 1. The van der Waals surface area contributed by atoms with Crippen LogP contribution in [-0.4, -0.2) is 11.5 Å². The molecule has 2 N–H and O–H groups in total. The molecule has 0 aliphatic carbocycles. The Bertz CT molecular complexity index is 443.